The van der Waals surface area contributed by atoms with Gasteiger partial charge in [0.2, 0.25) is 5.91 Å². The minimum absolute atomic E-state index is 0.0460. The Hall–Kier alpha value is -3.35. The zero-order valence-corrected chi connectivity index (χ0v) is 15.9. The van der Waals surface area contributed by atoms with Crippen LogP contribution in [-0.2, 0) is 4.79 Å². The van der Waals surface area contributed by atoms with Crippen LogP contribution in [-0.4, -0.2) is 42.7 Å². The molecule has 1 aliphatic heterocycles. The molecule has 1 unspecified atom stereocenters. The number of piperidine rings is 1. The summed E-state index contributed by atoms with van der Waals surface area (Å²) in [5.74, 6) is 1.85. The van der Waals surface area contributed by atoms with Gasteiger partial charge in [0.15, 0.2) is 11.5 Å². The van der Waals surface area contributed by atoms with E-state index in [4.69, 9.17) is 9.47 Å². The lowest BCUT2D eigenvalue weighted by Crippen LogP contribution is -2.47. The molecular weight excluding hydrogens is 356 g/mol. The minimum atomic E-state index is -0.347. The van der Waals surface area contributed by atoms with Crippen molar-refractivity contribution in [1.82, 2.24) is 9.97 Å². The minimum Gasteiger partial charge on any atom is -0.493 e. The number of methoxy groups -OCH3 is 2. The maximum atomic E-state index is 13.1. The molecule has 144 valence electrons. The summed E-state index contributed by atoms with van der Waals surface area (Å²) < 4.78 is 10.7. The second-order valence-electron chi connectivity index (χ2n) is 6.61. The van der Waals surface area contributed by atoms with Gasteiger partial charge in [-0.3, -0.25) is 4.79 Å². The van der Waals surface area contributed by atoms with Crippen molar-refractivity contribution >= 4 is 28.3 Å². The lowest BCUT2D eigenvalue weighted by atomic mass is 10.0. The smallest absolute Gasteiger partial charge is 0.249 e. The third kappa shape index (κ3) is 3.31. The Morgan fingerprint density at radius 1 is 1.07 bits per heavy atom. The molecule has 1 saturated heterocycles. The van der Waals surface area contributed by atoms with Crippen LogP contribution < -0.4 is 19.7 Å². The van der Waals surface area contributed by atoms with E-state index in [0.29, 0.717) is 17.3 Å². The fraction of sp³-hybridized carbons (Fsp3) is 0.286. The molecule has 7 heteroatoms. The van der Waals surface area contributed by atoms with Crippen LogP contribution in [0.15, 0.2) is 48.8 Å². The Morgan fingerprint density at radius 3 is 2.57 bits per heavy atom. The lowest BCUT2D eigenvalue weighted by molar-refractivity contribution is -0.120. The van der Waals surface area contributed by atoms with Gasteiger partial charge >= 0.3 is 0 Å². The van der Waals surface area contributed by atoms with Crippen LogP contribution in [0.1, 0.15) is 12.8 Å². The number of carbonyl (C=O) groups is 1. The normalized spacial score (nSPS) is 16.9. The molecular formula is C21H22N4O3. The van der Waals surface area contributed by atoms with Crippen molar-refractivity contribution in [2.75, 3.05) is 31.0 Å². The molecule has 1 atom stereocenters. The van der Waals surface area contributed by atoms with Crippen molar-refractivity contribution in [2.24, 2.45) is 0 Å². The number of fused-ring (bicyclic) bond motifs is 1. The number of carbonyl (C=O) groups excluding carboxylic acids is 1. The van der Waals surface area contributed by atoms with Gasteiger partial charge in [0.05, 0.1) is 19.7 Å². The number of hydrogen-bond donors (Lipinski definition) is 1. The van der Waals surface area contributed by atoms with Crippen molar-refractivity contribution in [1.29, 1.82) is 0 Å². The number of para-hydroxylation sites is 1. The van der Waals surface area contributed by atoms with Gasteiger partial charge in [-0.05, 0) is 31.0 Å². The van der Waals surface area contributed by atoms with Gasteiger partial charge in [0.25, 0.3) is 0 Å². The van der Waals surface area contributed by atoms with Crippen molar-refractivity contribution < 1.29 is 14.3 Å². The predicted molar refractivity (Wildman–Crippen MR) is 108 cm³/mol. The van der Waals surface area contributed by atoms with E-state index >= 15 is 0 Å². The van der Waals surface area contributed by atoms with E-state index in [9.17, 15) is 4.79 Å². The standard InChI is InChI=1S/C21H22N4O3/c1-27-18-11-15-17(12-19(18)28-2)22-13-23-20(15)24-16-9-6-10-25(21(16)26)14-7-4-3-5-8-14/h3-5,7-8,11-13,16H,6,9-10H2,1-2H3,(H,22,23,24). The van der Waals surface area contributed by atoms with E-state index in [2.05, 4.69) is 15.3 Å². The molecule has 1 amide bonds. The van der Waals surface area contributed by atoms with Crippen molar-refractivity contribution in [3.63, 3.8) is 0 Å². The molecule has 3 aromatic rings. The summed E-state index contributed by atoms with van der Waals surface area (Å²) in [5, 5.41) is 4.11. The number of hydrogen-bond acceptors (Lipinski definition) is 6. The zero-order chi connectivity index (χ0) is 19.5. The molecule has 1 fully saturated rings. The lowest BCUT2D eigenvalue weighted by Gasteiger charge is -2.33. The Bertz CT molecular complexity index is 994. The molecule has 0 spiro atoms. The van der Waals surface area contributed by atoms with Crippen LogP contribution in [0, 0.1) is 0 Å². The summed E-state index contributed by atoms with van der Waals surface area (Å²) in [6.07, 6.45) is 3.15. The van der Waals surface area contributed by atoms with Crippen LogP contribution in [0.5, 0.6) is 11.5 Å². The largest absolute Gasteiger partial charge is 0.493 e. The summed E-state index contributed by atoms with van der Waals surface area (Å²) in [4.78, 5) is 23.6. The molecule has 0 radical (unpaired) electrons. The molecule has 1 N–H and O–H groups in total. The number of aromatic nitrogens is 2. The Labute approximate surface area is 163 Å². The quantitative estimate of drug-likeness (QED) is 0.734. The second kappa shape index (κ2) is 7.72. The first-order chi connectivity index (χ1) is 13.7. The summed E-state index contributed by atoms with van der Waals surface area (Å²) >= 11 is 0. The van der Waals surface area contributed by atoms with Gasteiger partial charge in [0, 0.05) is 23.7 Å². The van der Waals surface area contributed by atoms with Crippen LogP contribution in [0.3, 0.4) is 0 Å². The third-order valence-electron chi connectivity index (χ3n) is 4.96. The van der Waals surface area contributed by atoms with E-state index in [1.54, 1.807) is 20.3 Å². The van der Waals surface area contributed by atoms with Gasteiger partial charge < -0.3 is 19.7 Å². The monoisotopic (exact) mass is 378 g/mol. The Kier molecular flexibility index (Phi) is 4.97. The second-order valence-corrected chi connectivity index (χ2v) is 6.61. The maximum absolute atomic E-state index is 13.1. The first kappa shape index (κ1) is 18.0. The van der Waals surface area contributed by atoms with E-state index in [1.807, 2.05) is 41.3 Å². The van der Waals surface area contributed by atoms with Crippen molar-refractivity contribution in [3.8, 4) is 11.5 Å². The first-order valence-electron chi connectivity index (χ1n) is 9.21. The number of anilines is 2. The van der Waals surface area contributed by atoms with E-state index in [-0.39, 0.29) is 11.9 Å². The van der Waals surface area contributed by atoms with Crippen LogP contribution >= 0.6 is 0 Å². The molecule has 2 aromatic carbocycles. The zero-order valence-electron chi connectivity index (χ0n) is 15.9. The fourth-order valence-corrected chi connectivity index (χ4v) is 3.54. The van der Waals surface area contributed by atoms with Gasteiger partial charge in [-0.15, -0.1) is 0 Å². The Morgan fingerprint density at radius 2 is 1.82 bits per heavy atom. The number of nitrogens with zero attached hydrogens (tertiary/aromatic N) is 3. The SMILES string of the molecule is COc1cc2ncnc(NC3CCCN(c4ccccc4)C3=O)c2cc1OC. The van der Waals surface area contributed by atoms with E-state index in [0.717, 1.165) is 36.0 Å². The van der Waals surface area contributed by atoms with E-state index < -0.39 is 0 Å². The van der Waals surface area contributed by atoms with Crippen molar-refractivity contribution in [2.45, 2.75) is 18.9 Å². The van der Waals surface area contributed by atoms with Gasteiger partial charge in [0.1, 0.15) is 18.2 Å². The molecule has 1 aliphatic rings. The Balaban J connectivity index is 1.65. The number of nitrogens with one attached hydrogen (secondary N) is 1. The summed E-state index contributed by atoms with van der Waals surface area (Å²) in [5.41, 5.74) is 1.64. The van der Waals surface area contributed by atoms with Gasteiger partial charge in [-0.1, -0.05) is 18.2 Å². The molecule has 0 saturated carbocycles. The molecule has 0 bridgehead atoms. The van der Waals surface area contributed by atoms with Crippen LogP contribution in [0.4, 0.5) is 11.5 Å². The molecule has 1 aromatic heterocycles. The van der Waals surface area contributed by atoms with Gasteiger partial charge in [-0.2, -0.15) is 0 Å². The van der Waals surface area contributed by atoms with Crippen molar-refractivity contribution in [3.05, 3.63) is 48.8 Å². The highest BCUT2D eigenvalue weighted by Crippen LogP contribution is 2.34. The maximum Gasteiger partial charge on any atom is 0.249 e. The summed E-state index contributed by atoms with van der Waals surface area (Å²) in [6, 6.07) is 13.0. The molecule has 2 heterocycles. The number of benzene rings is 2. The third-order valence-corrected chi connectivity index (χ3v) is 4.96. The predicted octanol–water partition coefficient (Wildman–Crippen LogP) is 3.25. The average molecular weight is 378 g/mol. The first-order valence-corrected chi connectivity index (χ1v) is 9.21. The molecule has 4 rings (SSSR count). The highest BCUT2D eigenvalue weighted by atomic mass is 16.5. The highest BCUT2D eigenvalue weighted by Gasteiger charge is 2.30. The van der Waals surface area contributed by atoms with Crippen LogP contribution in [0.25, 0.3) is 10.9 Å². The number of rotatable bonds is 5. The highest BCUT2D eigenvalue weighted by molar-refractivity contribution is 6.01. The topological polar surface area (TPSA) is 76.6 Å². The number of amides is 1. The molecule has 0 aliphatic carbocycles. The summed E-state index contributed by atoms with van der Waals surface area (Å²) in [7, 11) is 3.17. The van der Waals surface area contributed by atoms with E-state index in [1.165, 1.54) is 6.33 Å². The molecule has 7 nitrogen and oxygen atoms in total. The van der Waals surface area contributed by atoms with Gasteiger partial charge in [-0.25, -0.2) is 9.97 Å². The molecule has 28 heavy (non-hydrogen) atoms. The number of ether oxygens (including phenoxy) is 2. The van der Waals surface area contributed by atoms with Crippen LogP contribution in [0.2, 0.25) is 0 Å². The summed E-state index contributed by atoms with van der Waals surface area (Å²) in [6.45, 7) is 0.719. The average Bonchev–Trinajstić information content (AvgIpc) is 2.75. The fourth-order valence-electron chi connectivity index (χ4n) is 3.54.